The summed E-state index contributed by atoms with van der Waals surface area (Å²) in [4.78, 5) is 0. The average molecular weight is 360 g/mol. The van der Waals surface area contributed by atoms with Crippen molar-refractivity contribution in [2.45, 2.75) is 70.2 Å². The summed E-state index contributed by atoms with van der Waals surface area (Å²) in [5.74, 6) is 2.86. The van der Waals surface area contributed by atoms with E-state index < -0.39 is 17.1 Å². The molecule has 144 valence electrons. The molecule has 4 aliphatic rings. The first-order valence-electron chi connectivity index (χ1n) is 10.1. The van der Waals surface area contributed by atoms with Crippen molar-refractivity contribution in [2.75, 3.05) is 6.61 Å². The number of fused-ring (bicyclic) bond motifs is 5. The molecule has 9 atom stereocenters. The van der Waals surface area contributed by atoms with E-state index in [4.69, 9.17) is 6.42 Å². The molecule has 0 heterocycles. The first-order chi connectivity index (χ1) is 12.2. The maximum absolute atomic E-state index is 11.3. The third kappa shape index (κ3) is 2.06. The van der Waals surface area contributed by atoms with Crippen LogP contribution in [0.5, 0.6) is 0 Å². The van der Waals surface area contributed by atoms with Gasteiger partial charge in [-0.1, -0.05) is 31.4 Å². The predicted octanol–water partition coefficient (Wildman–Crippen LogP) is 1.86. The summed E-state index contributed by atoms with van der Waals surface area (Å²) in [5.41, 5.74) is -0.853. The quantitative estimate of drug-likeness (QED) is 0.425. The zero-order valence-electron chi connectivity index (χ0n) is 15.9. The number of aliphatic hydroxyl groups is 4. The minimum absolute atomic E-state index is 0.00437. The summed E-state index contributed by atoms with van der Waals surface area (Å²) in [6.07, 6.45) is 11.5. The maximum Gasteiger partial charge on any atom is 0.135 e. The van der Waals surface area contributed by atoms with Gasteiger partial charge in [0, 0.05) is 5.41 Å². The Bertz CT molecular complexity index is 666. The third-order valence-electron chi connectivity index (χ3n) is 8.89. The van der Waals surface area contributed by atoms with Crippen molar-refractivity contribution in [3.05, 3.63) is 11.6 Å². The molecule has 0 bridgehead atoms. The van der Waals surface area contributed by atoms with Crippen molar-refractivity contribution >= 4 is 0 Å². The highest BCUT2D eigenvalue weighted by molar-refractivity contribution is 5.32. The molecule has 3 saturated carbocycles. The second-order valence-electron chi connectivity index (χ2n) is 9.69. The fraction of sp³-hybridized carbons (Fsp3) is 0.818. The van der Waals surface area contributed by atoms with E-state index in [0.29, 0.717) is 18.8 Å². The lowest BCUT2D eigenvalue weighted by atomic mass is 9.46. The van der Waals surface area contributed by atoms with Gasteiger partial charge in [0.2, 0.25) is 0 Å². The van der Waals surface area contributed by atoms with Crippen molar-refractivity contribution in [1.29, 1.82) is 0 Å². The topological polar surface area (TPSA) is 80.9 Å². The van der Waals surface area contributed by atoms with Crippen LogP contribution in [0.1, 0.15) is 52.4 Å². The number of hydrogen-bond donors (Lipinski definition) is 4. The van der Waals surface area contributed by atoms with E-state index in [-0.39, 0.29) is 35.9 Å². The molecule has 0 aromatic rings. The Morgan fingerprint density at radius 1 is 1.23 bits per heavy atom. The molecule has 3 fully saturated rings. The fourth-order valence-corrected chi connectivity index (χ4v) is 7.38. The van der Waals surface area contributed by atoms with Crippen molar-refractivity contribution in [2.24, 2.45) is 34.5 Å². The molecule has 4 N–H and O–H groups in total. The first-order valence-corrected chi connectivity index (χ1v) is 10.1. The molecule has 4 aliphatic carbocycles. The zero-order chi connectivity index (χ0) is 18.9. The van der Waals surface area contributed by atoms with Gasteiger partial charge in [-0.15, -0.1) is 6.42 Å². The van der Waals surface area contributed by atoms with Gasteiger partial charge in [-0.3, -0.25) is 0 Å². The maximum atomic E-state index is 11.3. The van der Waals surface area contributed by atoms with E-state index in [2.05, 4.69) is 12.8 Å². The van der Waals surface area contributed by atoms with Gasteiger partial charge in [-0.25, -0.2) is 0 Å². The van der Waals surface area contributed by atoms with Gasteiger partial charge in [0.1, 0.15) is 5.60 Å². The minimum Gasteiger partial charge on any atom is -0.396 e. The Morgan fingerprint density at radius 2 is 1.96 bits per heavy atom. The molecule has 4 unspecified atom stereocenters. The summed E-state index contributed by atoms with van der Waals surface area (Å²) in [6.45, 7) is 4.12. The van der Waals surface area contributed by atoms with Crippen molar-refractivity contribution in [1.82, 2.24) is 0 Å². The Kier molecular flexibility index (Phi) is 4.14. The molecular formula is C22H32O4. The van der Waals surface area contributed by atoms with Crippen LogP contribution in [0.25, 0.3) is 0 Å². The van der Waals surface area contributed by atoms with Crippen LogP contribution in [0.2, 0.25) is 0 Å². The van der Waals surface area contributed by atoms with Gasteiger partial charge in [-0.2, -0.15) is 0 Å². The highest BCUT2D eigenvalue weighted by Gasteiger charge is 2.68. The van der Waals surface area contributed by atoms with Gasteiger partial charge in [-0.05, 0) is 67.6 Å². The van der Waals surface area contributed by atoms with E-state index in [1.807, 2.05) is 13.0 Å². The first kappa shape index (κ1) is 18.5. The van der Waals surface area contributed by atoms with Gasteiger partial charge in [0.15, 0.2) is 0 Å². The minimum atomic E-state index is -1.31. The number of hydrogen-bond acceptors (Lipinski definition) is 4. The second kappa shape index (κ2) is 5.82. The molecule has 0 spiro atoms. The molecule has 26 heavy (non-hydrogen) atoms. The van der Waals surface area contributed by atoms with Crippen LogP contribution in [-0.2, 0) is 0 Å². The van der Waals surface area contributed by atoms with Crippen LogP contribution < -0.4 is 0 Å². The highest BCUT2D eigenvalue weighted by Crippen LogP contribution is 2.68. The largest absolute Gasteiger partial charge is 0.396 e. The molecule has 4 rings (SSSR count). The van der Waals surface area contributed by atoms with Gasteiger partial charge in [0.05, 0.1) is 18.8 Å². The van der Waals surface area contributed by atoms with Crippen LogP contribution in [-0.4, -0.2) is 44.8 Å². The van der Waals surface area contributed by atoms with E-state index in [9.17, 15) is 20.4 Å². The lowest BCUT2D eigenvalue weighted by Gasteiger charge is -2.59. The molecular weight excluding hydrogens is 328 g/mol. The molecule has 0 aromatic heterocycles. The number of terminal acetylenes is 1. The van der Waals surface area contributed by atoms with Crippen LogP contribution in [0, 0.1) is 46.8 Å². The Labute approximate surface area is 156 Å². The SMILES string of the molecule is C#C[C@]1(O)[C@H](C)CC2C3C(O)C=C4C[C@H](O)CC[C@]4(C)C3CC[C@@]21CO. The van der Waals surface area contributed by atoms with Crippen molar-refractivity contribution in [3.8, 4) is 12.3 Å². The smallest absolute Gasteiger partial charge is 0.135 e. The van der Waals surface area contributed by atoms with Crippen molar-refractivity contribution in [3.63, 3.8) is 0 Å². The molecule has 0 aliphatic heterocycles. The lowest BCUT2D eigenvalue weighted by molar-refractivity contribution is -0.153. The summed E-state index contributed by atoms with van der Waals surface area (Å²) < 4.78 is 0. The standard InChI is InChI=1S/C22H32O4/c1-4-22(26)13(2)9-17-19-16(6-8-21(17,22)12-23)20(3)7-5-15(24)10-14(20)11-18(19)25/h1,11,13,15-19,23-26H,5-10,12H2,2-3H3/t13-,15-,16?,17?,18?,19?,20+,21-,22+/m1/s1. The average Bonchev–Trinajstić information content (AvgIpc) is 2.85. The number of aliphatic hydroxyl groups excluding tert-OH is 3. The molecule has 0 radical (unpaired) electrons. The molecule has 0 amide bonds. The summed E-state index contributed by atoms with van der Waals surface area (Å²) in [5, 5.41) is 42.8. The normalized spacial score (nSPS) is 56.0. The lowest BCUT2D eigenvalue weighted by Crippen LogP contribution is -2.60. The van der Waals surface area contributed by atoms with E-state index in [1.54, 1.807) is 0 Å². The van der Waals surface area contributed by atoms with Crippen molar-refractivity contribution < 1.29 is 20.4 Å². The van der Waals surface area contributed by atoms with Crippen LogP contribution in [0.4, 0.5) is 0 Å². The van der Waals surface area contributed by atoms with Crippen LogP contribution in [0.15, 0.2) is 11.6 Å². The molecule has 4 nitrogen and oxygen atoms in total. The predicted molar refractivity (Wildman–Crippen MR) is 98.8 cm³/mol. The van der Waals surface area contributed by atoms with E-state index >= 15 is 0 Å². The summed E-state index contributed by atoms with van der Waals surface area (Å²) in [7, 11) is 0. The highest BCUT2D eigenvalue weighted by atomic mass is 16.3. The Hall–Kier alpha value is -0.860. The van der Waals surface area contributed by atoms with Gasteiger partial charge in [0.25, 0.3) is 0 Å². The molecule has 0 saturated heterocycles. The van der Waals surface area contributed by atoms with Gasteiger partial charge >= 0.3 is 0 Å². The Morgan fingerprint density at radius 3 is 2.62 bits per heavy atom. The van der Waals surface area contributed by atoms with Crippen LogP contribution in [0.3, 0.4) is 0 Å². The van der Waals surface area contributed by atoms with Crippen LogP contribution >= 0.6 is 0 Å². The number of rotatable bonds is 1. The van der Waals surface area contributed by atoms with Gasteiger partial charge < -0.3 is 20.4 Å². The molecule has 4 heteroatoms. The molecule has 0 aromatic carbocycles. The summed E-state index contributed by atoms with van der Waals surface area (Å²) >= 11 is 0. The second-order valence-corrected chi connectivity index (χ2v) is 9.69. The Balaban J connectivity index is 1.79. The third-order valence-corrected chi connectivity index (χ3v) is 8.89. The monoisotopic (exact) mass is 360 g/mol. The zero-order valence-corrected chi connectivity index (χ0v) is 15.9. The van der Waals surface area contributed by atoms with E-state index in [1.165, 1.54) is 5.57 Å². The summed E-state index contributed by atoms with van der Waals surface area (Å²) in [6, 6.07) is 0. The fourth-order valence-electron chi connectivity index (χ4n) is 7.38. The van der Waals surface area contributed by atoms with E-state index in [0.717, 1.165) is 25.7 Å².